The summed E-state index contributed by atoms with van der Waals surface area (Å²) in [5, 5.41) is 7.60. The van der Waals surface area contributed by atoms with Crippen LogP contribution in [0.25, 0.3) is 5.65 Å². The molecule has 3 aromatic rings. The largest absolute Gasteiger partial charge is 0.349 e. The highest BCUT2D eigenvalue weighted by atomic mass is 35.5. The van der Waals surface area contributed by atoms with Crippen LogP contribution in [0.1, 0.15) is 48.0 Å². The molecule has 1 saturated carbocycles. The SMILES string of the molecule is O=C(N[C@H]1CC[C@]2(CCN(Cc3ccc(F)cc3Cl)C2=O)CC1)c1cnn2cccnc12. The predicted octanol–water partition coefficient (Wildman–Crippen LogP) is 3.61. The molecule has 2 aliphatic rings. The molecule has 2 aromatic heterocycles. The Morgan fingerprint density at radius 1 is 1.28 bits per heavy atom. The van der Waals surface area contributed by atoms with Crippen molar-refractivity contribution in [3.63, 3.8) is 0 Å². The van der Waals surface area contributed by atoms with Crippen LogP contribution < -0.4 is 5.32 Å². The van der Waals surface area contributed by atoms with Gasteiger partial charge in [0.05, 0.1) is 11.6 Å². The predicted molar refractivity (Wildman–Crippen MR) is 117 cm³/mol. The summed E-state index contributed by atoms with van der Waals surface area (Å²) < 4.78 is 14.9. The zero-order chi connectivity index (χ0) is 22.3. The van der Waals surface area contributed by atoms with Gasteiger partial charge in [0.15, 0.2) is 5.65 Å². The van der Waals surface area contributed by atoms with E-state index in [1.54, 1.807) is 29.0 Å². The van der Waals surface area contributed by atoms with E-state index in [1.807, 2.05) is 4.90 Å². The number of hydrogen-bond donors (Lipinski definition) is 1. The Bertz CT molecular complexity index is 1190. The third kappa shape index (κ3) is 3.72. The first kappa shape index (κ1) is 20.9. The first-order valence-corrected chi connectivity index (χ1v) is 11.2. The number of hydrogen-bond acceptors (Lipinski definition) is 4. The van der Waals surface area contributed by atoms with Gasteiger partial charge in [-0.3, -0.25) is 9.59 Å². The fourth-order valence-corrected chi connectivity index (χ4v) is 5.16. The second-order valence-electron chi connectivity index (χ2n) is 8.69. The van der Waals surface area contributed by atoms with E-state index in [-0.39, 0.29) is 29.1 Å². The minimum atomic E-state index is -0.386. The highest BCUT2D eigenvalue weighted by molar-refractivity contribution is 6.31. The summed E-state index contributed by atoms with van der Waals surface area (Å²) in [6, 6.07) is 6.05. The molecule has 1 N–H and O–H groups in total. The van der Waals surface area contributed by atoms with E-state index in [9.17, 15) is 14.0 Å². The number of fused-ring (bicyclic) bond motifs is 1. The Labute approximate surface area is 189 Å². The molecule has 3 heterocycles. The molecule has 9 heteroatoms. The van der Waals surface area contributed by atoms with Crippen LogP contribution in [-0.2, 0) is 11.3 Å². The molecular formula is C23H23ClFN5O2. The summed E-state index contributed by atoms with van der Waals surface area (Å²) in [5.41, 5.74) is 1.35. The zero-order valence-electron chi connectivity index (χ0n) is 17.4. The fraction of sp³-hybridized carbons (Fsp3) is 0.391. The number of halogens is 2. The van der Waals surface area contributed by atoms with Crippen molar-refractivity contribution in [3.05, 3.63) is 64.8 Å². The third-order valence-electron chi connectivity index (χ3n) is 6.78. The van der Waals surface area contributed by atoms with Gasteiger partial charge in [-0.05, 0) is 55.9 Å². The number of aromatic nitrogens is 3. The average molecular weight is 456 g/mol. The summed E-state index contributed by atoms with van der Waals surface area (Å²) in [5.74, 6) is -0.442. The van der Waals surface area contributed by atoms with Gasteiger partial charge < -0.3 is 10.2 Å². The Kier molecular flexibility index (Phi) is 5.33. The first-order valence-electron chi connectivity index (χ1n) is 10.8. The highest BCUT2D eigenvalue weighted by Gasteiger charge is 2.48. The molecule has 2 fully saturated rings. The van der Waals surface area contributed by atoms with Crippen LogP contribution in [-0.4, -0.2) is 43.9 Å². The lowest BCUT2D eigenvalue weighted by Gasteiger charge is -2.36. The lowest BCUT2D eigenvalue weighted by molar-refractivity contribution is -0.138. The molecule has 0 radical (unpaired) electrons. The molecule has 2 amide bonds. The van der Waals surface area contributed by atoms with Crippen LogP contribution in [0.4, 0.5) is 4.39 Å². The van der Waals surface area contributed by atoms with E-state index >= 15 is 0 Å². The summed E-state index contributed by atoms with van der Waals surface area (Å²) >= 11 is 6.15. The molecule has 1 saturated heterocycles. The molecule has 0 bridgehead atoms. The molecule has 0 unspecified atom stereocenters. The van der Waals surface area contributed by atoms with E-state index in [0.717, 1.165) is 37.7 Å². The maximum atomic E-state index is 13.3. The van der Waals surface area contributed by atoms with E-state index in [4.69, 9.17) is 11.6 Å². The molecular weight excluding hydrogens is 433 g/mol. The van der Waals surface area contributed by atoms with Gasteiger partial charge in [0.1, 0.15) is 11.4 Å². The number of amides is 2. The Balaban J connectivity index is 1.20. The van der Waals surface area contributed by atoms with Crippen molar-refractivity contribution in [1.82, 2.24) is 24.8 Å². The number of nitrogens with one attached hydrogen (secondary N) is 1. The van der Waals surface area contributed by atoms with Crippen molar-refractivity contribution in [3.8, 4) is 0 Å². The van der Waals surface area contributed by atoms with Crippen molar-refractivity contribution in [2.24, 2.45) is 5.41 Å². The molecule has 32 heavy (non-hydrogen) atoms. The van der Waals surface area contributed by atoms with Gasteiger partial charge in [-0.1, -0.05) is 17.7 Å². The summed E-state index contributed by atoms with van der Waals surface area (Å²) in [4.78, 5) is 32.0. The maximum Gasteiger partial charge on any atom is 0.256 e. The van der Waals surface area contributed by atoms with Gasteiger partial charge in [0.25, 0.3) is 5.91 Å². The first-order chi connectivity index (χ1) is 15.4. The van der Waals surface area contributed by atoms with Gasteiger partial charge in [0.2, 0.25) is 5.91 Å². The topological polar surface area (TPSA) is 79.6 Å². The fourth-order valence-electron chi connectivity index (χ4n) is 4.93. The van der Waals surface area contributed by atoms with Crippen LogP contribution in [0, 0.1) is 11.2 Å². The maximum absolute atomic E-state index is 13.3. The molecule has 1 aromatic carbocycles. The van der Waals surface area contributed by atoms with Crippen LogP contribution >= 0.6 is 11.6 Å². The molecule has 5 rings (SSSR count). The number of benzene rings is 1. The lowest BCUT2D eigenvalue weighted by Crippen LogP contribution is -2.43. The Morgan fingerprint density at radius 2 is 2.09 bits per heavy atom. The van der Waals surface area contributed by atoms with Crippen LogP contribution in [0.3, 0.4) is 0 Å². The highest BCUT2D eigenvalue weighted by Crippen LogP contribution is 2.45. The summed E-state index contributed by atoms with van der Waals surface area (Å²) in [6.07, 6.45) is 8.67. The quantitative estimate of drug-likeness (QED) is 0.651. The van der Waals surface area contributed by atoms with Gasteiger partial charge in [-0.25, -0.2) is 13.9 Å². The van der Waals surface area contributed by atoms with Crippen molar-refractivity contribution < 1.29 is 14.0 Å². The van der Waals surface area contributed by atoms with E-state index in [1.165, 1.54) is 18.3 Å². The van der Waals surface area contributed by atoms with E-state index < -0.39 is 0 Å². The normalized spacial score (nSPS) is 23.2. The van der Waals surface area contributed by atoms with E-state index in [2.05, 4.69) is 15.4 Å². The number of carbonyl (C=O) groups excluding carboxylic acids is 2. The van der Waals surface area contributed by atoms with Crippen molar-refractivity contribution in [2.75, 3.05) is 6.54 Å². The standard InChI is InChI=1S/C23H23ClFN5O2/c24-19-12-16(25)3-2-15(19)14-29-11-8-23(22(29)32)6-4-17(5-7-23)28-21(31)18-13-27-30-10-1-9-26-20(18)30/h1-3,9-10,12-13,17H,4-8,11,14H2,(H,28,31)/t17-,23+. The third-order valence-corrected chi connectivity index (χ3v) is 7.13. The summed E-state index contributed by atoms with van der Waals surface area (Å²) in [7, 11) is 0. The molecule has 166 valence electrons. The van der Waals surface area contributed by atoms with Crippen LogP contribution in [0.5, 0.6) is 0 Å². The number of rotatable bonds is 4. The minimum absolute atomic E-state index is 0.0141. The van der Waals surface area contributed by atoms with E-state index in [0.29, 0.717) is 29.3 Å². The van der Waals surface area contributed by atoms with Gasteiger partial charge in [-0.2, -0.15) is 5.10 Å². The average Bonchev–Trinajstić information content (AvgIpc) is 3.35. The molecule has 7 nitrogen and oxygen atoms in total. The van der Waals surface area contributed by atoms with Crippen LogP contribution in [0.15, 0.2) is 42.9 Å². The Hall–Kier alpha value is -3.00. The van der Waals surface area contributed by atoms with Crippen molar-refractivity contribution in [2.45, 2.75) is 44.7 Å². The number of likely N-dealkylation sites (tertiary alicyclic amines) is 1. The van der Waals surface area contributed by atoms with Crippen LogP contribution in [0.2, 0.25) is 5.02 Å². The number of nitrogens with zero attached hydrogens (tertiary/aromatic N) is 4. The smallest absolute Gasteiger partial charge is 0.256 e. The molecule has 0 atom stereocenters. The Morgan fingerprint density at radius 3 is 2.88 bits per heavy atom. The van der Waals surface area contributed by atoms with Crippen molar-refractivity contribution in [1.29, 1.82) is 0 Å². The van der Waals surface area contributed by atoms with Crippen molar-refractivity contribution >= 4 is 29.1 Å². The van der Waals surface area contributed by atoms with Gasteiger partial charge in [0, 0.05) is 36.5 Å². The molecule has 1 aliphatic heterocycles. The molecule has 1 aliphatic carbocycles. The number of carbonyl (C=O) groups is 2. The monoisotopic (exact) mass is 455 g/mol. The summed E-state index contributed by atoms with van der Waals surface area (Å²) in [6.45, 7) is 1.05. The van der Waals surface area contributed by atoms with Gasteiger partial charge >= 0.3 is 0 Å². The molecule has 1 spiro atoms. The lowest BCUT2D eigenvalue weighted by atomic mass is 9.71. The second-order valence-corrected chi connectivity index (χ2v) is 9.09. The minimum Gasteiger partial charge on any atom is -0.349 e. The van der Waals surface area contributed by atoms with Gasteiger partial charge in [-0.15, -0.1) is 0 Å². The second kappa shape index (κ2) is 8.16. The zero-order valence-corrected chi connectivity index (χ0v) is 18.2.